The SMILES string of the molecule is CCC(C)C(C(=O)NC(C)C(C)CO)c1ccccc1. The minimum atomic E-state index is -0.130. The van der Waals surface area contributed by atoms with Crippen LogP contribution >= 0.6 is 0 Å². The predicted octanol–water partition coefficient (Wildman–Crippen LogP) is 2.95. The van der Waals surface area contributed by atoms with Crippen LogP contribution in [0.5, 0.6) is 0 Å². The Kier molecular flexibility index (Phi) is 6.73. The average Bonchev–Trinajstić information content (AvgIpc) is 2.47. The molecule has 3 heteroatoms. The maximum Gasteiger partial charge on any atom is 0.228 e. The molecule has 1 aromatic carbocycles. The van der Waals surface area contributed by atoms with Gasteiger partial charge in [0.25, 0.3) is 0 Å². The van der Waals surface area contributed by atoms with Crippen molar-refractivity contribution < 1.29 is 9.90 Å². The van der Waals surface area contributed by atoms with Crippen molar-refractivity contribution in [2.45, 2.75) is 46.1 Å². The Morgan fingerprint density at radius 1 is 1.15 bits per heavy atom. The topological polar surface area (TPSA) is 49.3 Å². The van der Waals surface area contributed by atoms with Crippen molar-refractivity contribution in [1.82, 2.24) is 5.32 Å². The molecular formula is C17H27NO2. The van der Waals surface area contributed by atoms with Crippen LogP contribution in [-0.2, 0) is 4.79 Å². The molecule has 0 fully saturated rings. The standard InChI is InChI=1S/C17H27NO2/c1-5-12(2)16(15-9-7-6-8-10-15)17(20)18-14(4)13(3)11-19/h6-10,12-14,16,19H,5,11H2,1-4H3,(H,18,20). The Morgan fingerprint density at radius 2 is 1.75 bits per heavy atom. The predicted molar refractivity (Wildman–Crippen MR) is 82.5 cm³/mol. The zero-order valence-electron chi connectivity index (χ0n) is 13.0. The first kappa shape index (κ1) is 16.7. The van der Waals surface area contributed by atoms with E-state index in [1.807, 2.05) is 44.2 Å². The number of aliphatic hydroxyl groups is 1. The van der Waals surface area contributed by atoms with Gasteiger partial charge in [-0.05, 0) is 24.3 Å². The summed E-state index contributed by atoms with van der Waals surface area (Å²) < 4.78 is 0. The lowest BCUT2D eigenvalue weighted by Gasteiger charge is -2.26. The Morgan fingerprint density at radius 3 is 2.25 bits per heavy atom. The van der Waals surface area contributed by atoms with Gasteiger partial charge >= 0.3 is 0 Å². The zero-order chi connectivity index (χ0) is 15.1. The van der Waals surface area contributed by atoms with E-state index in [1.54, 1.807) is 0 Å². The summed E-state index contributed by atoms with van der Waals surface area (Å²) in [5, 5.41) is 12.2. The summed E-state index contributed by atoms with van der Waals surface area (Å²) in [6, 6.07) is 9.90. The van der Waals surface area contributed by atoms with Crippen LogP contribution in [-0.4, -0.2) is 23.7 Å². The van der Waals surface area contributed by atoms with E-state index in [2.05, 4.69) is 19.2 Å². The highest BCUT2D eigenvalue weighted by Crippen LogP contribution is 2.27. The molecule has 4 atom stereocenters. The van der Waals surface area contributed by atoms with Gasteiger partial charge in [-0.3, -0.25) is 4.79 Å². The molecule has 3 nitrogen and oxygen atoms in total. The molecule has 0 bridgehead atoms. The third-order valence-corrected chi connectivity index (χ3v) is 4.17. The van der Waals surface area contributed by atoms with E-state index in [-0.39, 0.29) is 36.3 Å². The van der Waals surface area contributed by atoms with Gasteiger partial charge in [-0.1, -0.05) is 57.5 Å². The quantitative estimate of drug-likeness (QED) is 0.805. The summed E-state index contributed by atoms with van der Waals surface area (Å²) in [6.07, 6.45) is 0.955. The van der Waals surface area contributed by atoms with Gasteiger partial charge in [0.1, 0.15) is 0 Å². The number of hydrogen-bond acceptors (Lipinski definition) is 2. The summed E-state index contributed by atoms with van der Waals surface area (Å²) in [5.74, 6) is 0.272. The van der Waals surface area contributed by atoms with Crippen molar-refractivity contribution in [2.24, 2.45) is 11.8 Å². The van der Waals surface area contributed by atoms with Gasteiger partial charge in [0.15, 0.2) is 0 Å². The summed E-state index contributed by atoms with van der Waals surface area (Å²) in [7, 11) is 0. The number of aliphatic hydroxyl groups excluding tert-OH is 1. The van der Waals surface area contributed by atoms with E-state index in [0.29, 0.717) is 0 Å². The van der Waals surface area contributed by atoms with E-state index in [4.69, 9.17) is 0 Å². The van der Waals surface area contributed by atoms with Crippen molar-refractivity contribution in [3.8, 4) is 0 Å². The molecule has 0 saturated carbocycles. The van der Waals surface area contributed by atoms with E-state index in [1.165, 1.54) is 0 Å². The van der Waals surface area contributed by atoms with Gasteiger partial charge in [0.2, 0.25) is 5.91 Å². The molecule has 1 rings (SSSR count). The van der Waals surface area contributed by atoms with Gasteiger partial charge in [-0.15, -0.1) is 0 Å². The molecule has 4 unspecified atom stereocenters. The third-order valence-electron chi connectivity index (χ3n) is 4.17. The lowest BCUT2D eigenvalue weighted by molar-refractivity contribution is -0.124. The number of carbonyl (C=O) groups excluding carboxylic acids is 1. The van der Waals surface area contributed by atoms with Crippen molar-refractivity contribution in [3.05, 3.63) is 35.9 Å². The van der Waals surface area contributed by atoms with E-state index in [0.717, 1.165) is 12.0 Å². The second kappa shape index (κ2) is 8.05. The fourth-order valence-corrected chi connectivity index (χ4v) is 2.25. The second-order valence-corrected chi connectivity index (χ2v) is 5.73. The zero-order valence-corrected chi connectivity index (χ0v) is 13.0. The lowest BCUT2D eigenvalue weighted by atomic mass is 9.84. The Balaban J connectivity index is 2.87. The number of carbonyl (C=O) groups is 1. The molecular weight excluding hydrogens is 250 g/mol. The van der Waals surface area contributed by atoms with E-state index in [9.17, 15) is 9.90 Å². The molecule has 0 aromatic heterocycles. The van der Waals surface area contributed by atoms with E-state index < -0.39 is 0 Å². The van der Waals surface area contributed by atoms with Crippen LogP contribution in [0.15, 0.2) is 30.3 Å². The second-order valence-electron chi connectivity index (χ2n) is 5.73. The third kappa shape index (κ3) is 4.34. The first-order chi connectivity index (χ1) is 9.51. The van der Waals surface area contributed by atoms with Crippen molar-refractivity contribution in [3.63, 3.8) is 0 Å². The fourth-order valence-electron chi connectivity index (χ4n) is 2.25. The van der Waals surface area contributed by atoms with Crippen molar-refractivity contribution in [2.75, 3.05) is 6.61 Å². The number of amides is 1. The lowest BCUT2D eigenvalue weighted by Crippen LogP contribution is -2.42. The number of nitrogens with one attached hydrogen (secondary N) is 1. The van der Waals surface area contributed by atoms with Gasteiger partial charge in [-0.2, -0.15) is 0 Å². The molecule has 0 radical (unpaired) electrons. The van der Waals surface area contributed by atoms with Crippen LogP contribution in [0.3, 0.4) is 0 Å². The van der Waals surface area contributed by atoms with Gasteiger partial charge in [0.05, 0.1) is 5.92 Å². The minimum Gasteiger partial charge on any atom is -0.396 e. The Labute approximate surface area is 122 Å². The smallest absolute Gasteiger partial charge is 0.228 e. The van der Waals surface area contributed by atoms with Gasteiger partial charge < -0.3 is 10.4 Å². The van der Waals surface area contributed by atoms with E-state index >= 15 is 0 Å². The number of rotatable bonds is 7. The van der Waals surface area contributed by atoms with Crippen LogP contribution < -0.4 is 5.32 Å². The first-order valence-corrected chi connectivity index (χ1v) is 7.47. The highest BCUT2D eigenvalue weighted by atomic mass is 16.3. The van der Waals surface area contributed by atoms with Crippen LogP contribution in [0.2, 0.25) is 0 Å². The maximum atomic E-state index is 12.6. The fraction of sp³-hybridized carbons (Fsp3) is 0.588. The van der Waals surface area contributed by atoms with Crippen LogP contribution in [0.4, 0.5) is 0 Å². The Hall–Kier alpha value is -1.35. The average molecular weight is 277 g/mol. The summed E-state index contributed by atoms with van der Waals surface area (Å²) in [5.41, 5.74) is 1.06. The molecule has 0 heterocycles. The first-order valence-electron chi connectivity index (χ1n) is 7.47. The highest BCUT2D eigenvalue weighted by Gasteiger charge is 2.27. The largest absolute Gasteiger partial charge is 0.396 e. The summed E-state index contributed by atoms with van der Waals surface area (Å²) in [6.45, 7) is 8.18. The van der Waals surface area contributed by atoms with Crippen LogP contribution in [0.25, 0.3) is 0 Å². The molecule has 2 N–H and O–H groups in total. The molecule has 1 aromatic rings. The monoisotopic (exact) mass is 277 g/mol. The Bertz CT molecular complexity index is 405. The number of hydrogen-bond donors (Lipinski definition) is 2. The van der Waals surface area contributed by atoms with Crippen LogP contribution in [0.1, 0.15) is 45.6 Å². The highest BCUT2D eigenvalue weighted by molar-refractivity contribution is 5.84. The van der Waals surface area contributed by atoms with Crippen LogP contribution in [0, 0.1) is 11.8 Å². The van der Waals surface area contributed by atoms with Crippen molar-refractivity contribution >= 4 is 5.91 Å². The number of benzene rings is 1. The molecule has 1 amide bonds. The van der Waals surface area contributed by atoms with Gasteiger partial charge in [0, 0.05) is 12.6 Å². The minimum absolute atomic E-state index is 0.0252. The molecule has 0 aliphatic carbocycles. The van der Waals surface area contributed by atoms with Gasteiger partial charge in [-0.25, -0.2) is 0 Å². The molecule has 0 aliphatic heterocycles. The van der Waals surface area contributed by atoms with Crippen molar-refractivity contribution in [1.29, 1.82) is 0 Å². The molecule has 0 saturated heterocycles. The summed E-state index contributed by atoms with van der Waals surface area (Å²) >= 11 is 0. The molecule has 20 heavy (non-hydrogen) atoms. The molecule has 112 valence electrons. The summed E-state index contributed by atoms with van der Waals surface area (Å²) in [4.78, 5) is 12.6. The maximum absolute atomic E-state index is 12.6. The molecule has 0 spiro atoms. The normalized spacial score (nSPS) is 17.1. The molecule has 0 aliphatic rings.